The van der Waals surface area contributed by atoms with Crippen LogP contribution in [0.15, 0.2) is 59.0 Å². The van der Waals surface area contributed by atoms with Crippen molar-refractivity contribution in [1.29, 1.82) is 0 Å². The fourth-order valence-corrected chi connectivity index (χ4v) is 4.10. The third-order valence-electron chi connectivity index (χ3n) is 4.95. The molecule has 126 valence electrons. The minimum Gasteiger partial charge on any atom is -0.266 e. The average molecular weight is 342 g/mol. The third-order valence-corrected chi connectivity index (χ3v) is 6.27. The zero-order chi connectivity index (χ0) is 17.4. The van der Waals surface area contributed by atoms with Crippen molar-refractivity contribution in [2.24, 2.45) is 0 Å². The van der Waals surface area contributed by atoms with E-state index in [2.05, 4.69) is 32.1 Å². The van der Waals surface area contributed by atoms with Crippen LogP contribution in [0, 0.1) is 6.92 Å². The van der Waals surface area contributed by atoms with E-state index >= 15 is 0 Å². The van der Waals surface area contributed by atoms with Crippen molar-refractivity contribution in [3.8, 4) is 0 Å². The Labute approximate surface area is 144 Å². The normalized spacial score (nSPS) is 19.9. The molecular formula is C20H22O3S. The lowest BCUT2D eigenvalue weighted by molar-refractivity contribution is 0.283. The molecule has 1 aliphatic carbocycles. The molecule has 0 heterocycles. The van der Waals surface area contributed by atoms with Crippen molar-refractivity contribution in [3.63, 3.8) is 0 Å². The number of benzene rings is 2. The van der Waals surface area contributed by atoms with Gasteiger partial charge in [-0.2, -0.15) is 8.42 Å². The van der Waals surface area contributed by atoms with Crippen LogP contribution in [-0.4, -0.2) is 15.0 Å². The van der Waals surface area contributed by atoms with Crippen molar-refractivity contribution in [2.75, 3.05) is 6.61 Å². The molecule has 24 heavy (non-hydrogen) atoms. The summed E-state index contributed by atoms with van der Waals surface area (Å²) in [5.74, 6) is 0. The monoisotopic (exact) mass is 342 g/mol. The van der Waals surface area contributed by atoms with E-state index in [1.807, 2.05) is 19.1 Å². The summed E-state index contributed by atoms with van der Waals surface area (Å²) in [6.45, 7) is 6.32. The quantitative estimate of drug-likeness (QED) is 0.753. The molecule has 0 fully saturated rings. The van der Waals surface area contributed by atoms with Crippen LogP contribution in [0.25, 0.3) is 6.08 Å². The van der Waals surface area contributed by atoms with E-state index < -0.39 is 10.1 Å². The Morgan fingerprint density at radius 3 is 2.38 bits per heavy atom. The minimum atomic E-state index is -3.71. The van der Waals surface area contributed by atoms with Crippen molar-refractivity contribution in [2.45, 2.75) is 37.5 Å². The standard InChI is InChI=1S/C20H22O3S/c1-15-8-10-18(11-9-15)24(21,22)23-13-12-20(3)16(2)14-17-6-4-5-7-19(17)20/h4-11,14H,12-13H2,1-3H3. The number of allylic oxidation sites excluding steroid dienone is 1. The van der Waals surface area contributed by atoms with Crippen LogP contribution in [0.4, 0.5) is 0 Å². The maximum atomic E-state index is 12.3. The van der Waals surface area contributed by atoms with E-state index in [9.17, 15) is 8.42 Å². The molecule has 0 radical (unpaired) electrons. The second-order valence-electron chi connectivity index (χ2n) is 6.59. The van der Waals surface area contributed by atoms with Gasteiger partial charge in [0.05, 0.1) is 11.5 Å². The number of hydrogen-bond acceptors (Lipinski definition) is 3. The number of rotatable bonds is 5. The Morgan fingerprint density at radius 1 is 1.00 bits per heavy atom. The molecular weight excluding hydrogens is 320 g/mol. The Morgan fingerprint density at radius 2 is 1.67 bits per heavy atom. The SMILES string of the molecule is CC1=Cc2ccccc2C1(C)CCOS(=O)(=O)c1ccc(C)cc1. The smallest absolute Gasteiger partial charge is 0.266 e. The molecule has 0 aliphatic heterocycles. The first kappa shape index (κ1) is 16.9. The predicted molar refractivity (Wildman–Crippen MR) is 96.4 cm³/mol. The zero-order valence-corrected chi connectivity index (χ0v) is 15.1. The van der Waals surface area contributed by atoms with Crippen LogP contribution >= 0.6 is 0 Å². The summed E-state index contributed by atoms with van der Waals surface area (Å²) < 4.78 is 29.9. The molecule has 0 bridgehead atoms. The summed E-state index contributed by atoms with van der Waals surface area (Å²) in [6, 6.07) is 15.0. The maximum Gasteiger partial charge on any atom is 0.296 e. The van der Waals surface area contributed by atoms with E-state index in [0.717, 1.165) is 5.56 Å². The molecule has 2 aromatic carbocycles. The first-order chi connectivity index (χ1) is 11.3. The predicted octanol–water partition coefficient (Wildman–Crippen LogP) is 4.47. The lowest BCUT2D eigenvalue weighted by Gasteiger charge is -2.28. The van der Waals surface area contributed by atoms with Crippen LogP contribution < -0.4 is 0 Å². The molecule has 3 nitrogen and oxygen atoms in total. The molecule has 0 aromatic heterocycles. The van der Waals surface area contributed by atoms with Crippen LogP contribution in [0.2, 0.25) is 0 Å². The number of fused-ring (bicyclic) bond motifs is 1. The molecule has 1 aliphatic rings. The van der Waals surface area contributed by atoms with Gasteiger partial charge in [0.25, 0.3) is 10.1 Å². The second kappa shape index (κ2) is 6.19. The Balaban J connectivity index is 1.72. The van der Waals surface area contributed by atoms with Gasteiger partial charge in [-0.25, -0.2) is 0 Å². The van der Waals surface area contributed by atoms with Crippen LogP contribution in [0.1, 0.15) is 37.0 Å². The van der Waals surface area contributed by atoms with Crippen molar-refractivity contribution in [1.82, 2.24) is 0 Å². The molecule has 0 saturated heterocycles. The van der Waals surface area contributed by atoms with Crippen molar-refractivity contribution >= 4 is 16.2 Å². The van der Waals surface area contributed by atoms with E-state index in [0.29, 0.717) is 6.42 Å². The molecule has 1 atom stereocenters. The fourth-order valence-electron chi connectivity index (χ4n) is 3.19. The first-order valence-electron chi connectivity index (χ1n) is 8.07. The Hall–Kier alpha value is -1.91. The summed E-state index contributed by atoms with van der Waals surface area (Å²) in [5, 5.41) is 0. The second-order valence-corrected chi connectivity index (χ2v) is 8.20. The summed E-state index contributed by atoms with van der Waals surface area (Å²) in [7, 11) is -3.71. The van der Waals surface area contributed by atoms with E-state index in [1.165, 1.54) is 16.7 Å². The molecule has 2 aromatic rings. The lowest BCUT2D eigenvalue weighted by atomic mass is 9.77. The number of hydrogen-bond donors (Lipinski definition) is 0. The van der Waals surface area contributed by atoms with Gasteiger partial charge in [-0.05, 0) is 43.5 Å². The fraction of sp³-hybridized carbons (Fsp3) is 0.300. The highest BCUT2D eigenvalue weighted by molar-refractivity contribution is 7.86. The zero-order valence-electron chi connectivity index (χ0n) is 14.2. The third kappa shape index (κ3) is 3.04. The summed E-state index contributed by atoms with van der Waals surface area (Å²) in [5.41, 5.74) is 4.52. The van der Waals surface area contributed by atoms with Gasteiger partial charge in [-0.15, -0.1) is 0 Å². The maximum absolute atomic E-state index is 12.3. The molecule has 0 saturated carbocycles. The van der Waals surface area contributed by atoms with E-state index in [-0.39, 0.29) is 16.9 Å². The Bertz CT molecular complexity index is 879. The Kier molecular flexibility index (Phi) is 4.37. The summed E-state index contributed by atoms with van der Waals surface area (Å²) in [4.78, 5) is 0.206. The minimum absolute atomic E-state index is 0.159. The van der Waals surface area contributed by atoms with Gasteiger partial charge in [-0.3, -0.25) is 4.18 Å². The van der Waals surface area contributed by atoms with Gasteiger partial charge in [0.1, 0.15) is 0 Å². The van der Waals surface area contributed by atoms with Gasteiger partial charge >= 0.3 is 0 Å². The van der Waals surface area contributed by atoms with Crippen molar-refractivity contribution in [3.05, 3.63) is 70.8 Å². The van der Waals surface area contributed by atoms with Gasteiger partial charge in [0.2, 0.25) is 0 Å². The largest absolute Gasteiger partial charge is 0.296 e. The average Bonchev–Trinajstić information content (AvgIpc) is 2.79. The van der Waals surface area contributed by atoms with E-state index in [4.69, 9.17) is 4.18 Å². The van der Waals surface area contributed by atoms with Crippen LogP contribution in [0.5, 0.6) is 0 Å². The lowest BCUT2D eigenvalue weighted by Crippen LogP contribution is -2.24. The summed E-state index contributed by atoms with van der Waals surface area (Å²) >= 11 is 0. The molecule has 1 unspecified atom stereocenters. The highest BCUT2D eigenvalue weighted by Gasteiger charge is 2.34. The van der Waals surface area contributed by atoms with Crippen LogP contribution in [0.3, 0.4) is 0 Å². The molecule has 4 heteroatoms. The highest BCUT2D eigenvalue weighted by Crippen LogP contribution is 2.43. The molecule has 0 spiro atoms. The van der Waals surface area contributed by atoms with Gasteiger partial charge < -0.3 is 0 Å². The summed E-state index contributed by atoms with van der Waals surface area (Å²) in [6.07, 6.45) is 2.79. The topological polar surface area (TPSA) is 43.4 Å². The highest BCUT2D eigenvalue weighted by atomic mass is 32.2. The van der Waals surface area contributed by atoms with Crippen molar-refractivity contribution < 1.29 is 12.6 Å². The van der Waals surface area contributed by atoms with Gasteiger partial charge in [-0.1, -0.05) is 60.5 Å². The van der Waals surface area contributed by atoms with Crippen LogP contribution in [-0.2, 0) is 19.7 Å². The number of aryl methyl sites for hydroxylation is 1. The molecule has 3 rings (SSSR count). The molecule has 0 amide bonds. The van der Waals surface area contributed by atoms with E-state index in [1.54, 1.807) is 24.3 Å². The first-order valence-corrected chi connectivity index (χ1v) is 9.48. The van der Waals surface area contributed by atoms with Gasteiger partial charge in [0.15, 0.2) is 0 Å². The van der Waals surface area contributed by atoms with Gasteiger partial charge in [0, 0.05) is 5.41 Å². The molecule has 0 N–H and O–H groups in total.